The Morgan fingerprint density at radius 3 is 2.91 bits per heavy atom. The third kappa shape index (κ3) is 4.59. The topological polar surface area (TPSA) is 58.6 Å². The number of alkyl halides is 2. The molecule has 1 aliphatic rings. The van der Waals surface area contributed by atoms with Gasteiger partial charge in [-0.2, -0.15) is 0 Å². The number of halogens is 2. The predicted molar refractivity (Wildman–Crippen MR) is 80.3 cm³/mol. The van der Waals surface area contributed by atoms with E-state index in [0.29, 0.717) is 28.6 Å². The summed E-state index contributed by atoms with van der Waals surface area (Å²) in [6.45, 7) is 1.01. The van der Waals surface area contributed by atoms with Crippen LogP contribution in [0.5, 0.6) is 5.75 Å². The third-order valence-electron chi connectivity index (χ3n) is 3.00. The van der Waals surface area contributed by atoms with Gasteiger partial charge in [-0.05, 0) is 18.6 Å². The van der Waals surface area contributed by atoms with Gasteiger partial charge in [0, 0.05) is 11.8 Å². The van der Waals surface area contributed by atoms with Crippen LogP contribution >= 0.6 is 11.8 Å². The number of rotatable bonds is 6. The molecule has 0 radical (unpaired) electrons. The number of nitrogens with zero attached hydrogens (tertiary/aromatic N) is 1. The Hall–Kier alpha value is -1.83. The highest BCUT2D eigenvalue weighted by atomic mass is 32.2. The number of amides is 2. The second kappa shape index (κ2) is 7.44. The van der Waals surface area contributed by atoms with E-state index in [0.717, 1.165) is 0 Å². The lowest BCUT2D eigenvalue weighted by Gasteiger charge is -2.15. The number of anilines is 1. The van der Waals surface area contributed by atoms with E-state index in [1.54, 1.807) is 19.1 Å². The van der Waals surface area contributed by atoms with Crippen LogP contribution in [0.25, 0.3) is 0 Å². The molecule has 22 heavy (non-hydrogen) atoms. The summed E-state index contributed by atoms with van der Waals surface area (Å²) in [4.78, 5) is 24.8. The highest BCUT2D eigenvalue weighted by Gasteiger charge is 2.22. The zero-order valence-corrected chi connectivity index (χ0v) is 12.8. The van der Waals surface area contributed by atoms with Crippen molar-refractivity contribution >= 4 is 29.3 Å². The van der Waals surface area contributed by atoms with E-state index < -0.39 is 13.0 Å². The van der Waals surface area contributed by atoms with Gasteiger partial charge < -0.3 is 15.0 Å². The van der Waals surface area contributed by atoms with Crippen molar-refractivity contribution in [3.63, 3.8) is 0 Å². The monoisotopic (exact) mass is 330 g/mol. The molecule has 0 spiro atoms. The van der Waals surface area contributed by atoms with E-state index in [4.69, 9.17) is 4.74 Å². The zero-order chi connectivity index (χ0) is 16.1. The molecule has 1 aliphatic heterocycles. The number of aryl methyl sites for hydroxylation is 1. The van der Waals surface area contributed by atoms with Gasteiger partial charge in [0.2, 0.25) is 11.8 Å². The highest BCUT2D eigenvalue weighted by molar-refractivity contribution is 8.00. The number of thioether (sulfide) groups is 1. The third-order valence-corrected chi connectivity index (χ3v) is 3.94. The normalized spacial score (nSPS) is 14.5. The van der Waals surface area contributed by atoms with Crippen LogP contribution in [0.4, 0.5) is 14.5 Å². The van der Waals surface area contributed by atoms with Crippen LogP contribution < -0.4 is 10.1 Å². The summed E-state index contributed by atoms with van der Waals surface area (Å²) in [5.74, 6) is 0.794. The Balaban J connectivity index is 1.95. The summed E-state index contributed by atoms with van der Waals surface area (Å²) >= 11 is 1.46. The first kappa shape index (κ1) is 16.5. The van der Waals surface area contributed by atoms with Crippen molar-refractivity contribution in [2.24, 2.45) is 0 Å². The van der Waals surface area contributed by atoms with E-state index in [1.165, 1.54) is 22.7 Å². The molecular formula is C14H16F2N2O3S. The molecule has 0 atom stereocenters. The van der Waals surface area contributed by atoms with Gasteiger partial charge in [0.1, 0.15) is 18.9 Å². The average Bonchev–Trinajstić information content (AvgIpc) is 2.84. The van der Waals surface area contributed by atoms with Gasteiger partial charge in [0.05, 0.1) is 11.6 Å². The fourth-order valence-corrected chi connectivity index (χ4v) is 2.80. The molecule has 1 fully saturated rings. The minimum absolute atomic E-state index is 0.0209. The molecule has 5 nitrogen and oxygen atoms in total. The van der Waals surface area contributed by atoms with E-state index in [1.807, 2.05) is 0 Å². The van der Waals surface area contributed by atoms with E-state index >= 15 is 0 Å². The molecule has 0 unspecified atom stereocenters. The van der Waals surface area contributed by atoms with E-state index in [-0.39, 0.29) is 18.4 Å². The maximum absolute atomic E-state index is 12.2. The van der Waals surface area contributed by atoms with Crippen LogP contribution in [-0.4, -0.2) is 47.9 Å². The van der Waals surface area contributed by atoms with Crippen LogP contribution in [0, 0.1) is 6.92 Å². The molecule has 1 N–H and O–H groups in total. The molecule has 8 heteroatoms. The van der Waals surface area contributed by atoms with Crippen molar-refractivity contribution in [3.05, 3.63) is 23.8 Å². The molecule has 1 heterocycles. The lowest BCUT2D eigenvalue weighted by Crippen LogP contribution is -2.34. The lowest BCUT2D eigenvalue weighted by atomic mass is 10.2. The van der Waals surface area contributed by atoms with Crippen molar-refractivity contribution in [1.82, 2.24) is 4.90 Å². The Kier molecular flexibility index (Phi) is 5.59. The summed E-state index contributed by atoms with van der Waals surface area (Å²) in [6.07, 6.45) is -2.56. The van der Waals surface area contributed by atoms with Crippen LogP contribution in [0.3, 0.4) is 0 Å². The first-order valence-corrected chi connectivity index (χ1v) is 7.78. The van der Waals surface area contributed by atoms with Gasteiger partial charge in [0.25, 0.3) is 6.43 Å². The number of benzene rings is 1. The first-order valence-electron chi connectivity index (χ1n) is 6.62. The van der Waals surface area contributed by atoms with Crippen molar-refractivity contribution in [3.8, 4) is 5.75 Å². The van der Waals surface area contributed by atoms with Gasteiger partial charge in [-0.1, -0.05) is 6.07 Å². The number of ether oxygens (including phenoxy) is 1. The van der Waals surface area contributed by atoms with E-state index in [2.05, 4.69) is 5.32 Å². The number of hydrogen-bond donors (Lipinski definition) is 1. The van der Waals surface area contributed by atoms with Gasteiger partial charge in [0.15, 0.2) is 0 Å². The quantitative estimate of drug-likeness (QED) is 0.868. The largest absolute Gasteiger partial charge is 0.487 e. The summed E-state index contributed by atoms with van der Waals surface area (Å²) in [6, 6.07) is 4.83. The highest BCUT2D eigenvalue weighted by Crippen LogP contribution is 2.23. The van der Waals surface area contributed by atoms with Gasteiger partial charge >= 0.3 is 0 Å². The standard InChI is InChI=1S/C14H16F2N2O3S/c1-9-2-3-10(4-11(9)21-6-12(15)16)17-13(19)5-18-8-22-7-14(18)20/h2-4,12H,5-8H2,1H3,(H,17,19). The maximum atomic E-state index is 12.2. The van der Waals surface area contributed by atoms with Crippen molar-refractivity contribution in [2.75, 3.05) is 30.1 Å². The molecule has 1 saturated heterocycles. The number of hydrogen-bond acceptors (Lipinski definition) is 4. The molecule has 2 amide bonds. The summed E-state index contributed by atoms with van der Waals surface area (Å²) in [5, 5.41) is 2.64. The number of carbonyl (C=O) groups is 2. The molecule has 0 aliphatic carbocycles. The Morgan fingerprint density at radius 2 is 2.27 bits per heavy atom. The second-order valence-electron chi connectivity index (χ2n) is 4.80. The summed E-state index contributed by atoms with van der Waals surface area (Å²) < 4.78 is 29.4. The van der Waals surface area contributed by atoms with Gasteiger partial charge in [-0.3, -0.25) is 9.59 Å². The minimum Gasteiger partial charge on any atom is -0.487 e. The molecule has 0 saturated carbocycles. The Morgan fingerprint density at radius 1 is 1.50 bits per heavy atom. The van der Waals surface area contributed by atoms with Crippen molar-refractivity contribution < 1.29 is 23.1 Å². The van der Waals surface area contributed by atoms with Crippen LogP contribution in [0.15, 0.2) is 18.2 Å². The number of nitrogens with one attached hydrogen (secondary N) is 1. The molecule has 2 rings (SSSR count). The van der Waals surface area contributed by atoms with Crippen molar-refractivity contribution in [1.29, 1.82) is 0 Å². The van der Waals surface area contributed by atoms with Gasteiger partial charge in [-0.25, -0.2) is 8.78 Å². The smallest absolute Gasteiger partial charge is 0.272 e. The fourth-order valence-electron chi connectivity index (χ4n) is 1.90. The fraction of sp³-hybridized carbons (Fsp3) is 0.429. The van der Waals surface area contributed by atoms with Crippen LogP contribution in [0.2, 0.25) is 0 Å². The molecule has 1 aromatic carbocycles. The molecule has 120 valence electrons. The molecule has 0 aromatic heterocycles. The number of carbonyl (C=O) groups excluding carboxylic acids is 2. The van der Waals surface area contributed by atoms with E-state index in [9.17, 15) is 18.4 Å². The summed E-state index contributed by atoms with van der Waals surface area (Å²) in [5.41, 5.74) is 1.14. The maximum Gasteiger partial charge on any atom is 0.272 e. The SMILES string of the molecule is Cc1ccc(NC(=O)CN2CSCC2=O)cc1OCC(F)F. The predicted octanol–water partition coefficient (Wildman–Crippen LogP) is 2.11. The van der Waals surface area contributed by atoms with Crippen LogP contribution in [0.1, 0.15) is 5.56 Å². The Bertz CT molecular complexity index is 569. The minimum atomic E-state index is -2.56. The first-order chi connectivity index (χ1) is 10.5. The zero-order valence-electron chi connectivity index (χ0n) is 12.0. The van der Waals surface area contributed by atoms with Crippen LogP contribution in [-0.2, 0) is 9.59 Å². The average molecular weight is 330 g/mol. The summed E-state index contributed by atoms with van der Waals surface area (Å²) in [7, 11) is 0. The lowest BCUT2D eigenvalue weighted by molar-refractivity contribution is -0.130. The molecule has 1 aromatic rings. The van der Waals surface area contributed by atoms with Crippen molar-refractivity contribution in [2.45, 2.75) is 13.3 Å². The van der Waals surface area contributed by atoms with Gasteiger partial charge in [-0.15, -0.1) is 11.8 Å². The Labute approximate surface area is 131 Å². The molecule has 0 bridgehead atoms. The molecular weight excluding hydrogens is 314 g/mol. The second-order valence-corrected chi connectivity index (χ2v) is 5.75.